The zero-order valence-electron chi connectivity index (χ0n) is 10.8. The van der Waals surface area contributed by atoms with Gasteiger partial charge >= 0.3 is 11.9 Å². The molecule has 0 aliphatic heterocycles. The summed E-state index contributed by atoms with van der Waals surface area (Å²) in [5.74, 6) is -2.31. The molecule has 0 bridgehead atoms. The molecule has 0 radical (unpaired) electrons. The molecule has 0 amide bonds. The smallest absolute Gasteiger partial charge is 0.320 e. The topological polar surface area (TPSA) is 69.7 Å². The fourth-order valence-electron chi connectivity index (χ4n) is 1.32. The molecule has 0 unspecified atom stereocenters. The van der Waals surface area contributed by atoms with Crippen molar-refractivity contribution in [2.75, 3.05) is 13.2 Å². The monoisotopic (exact) mass is 244 g/mol. The number of rotatable bonds is 7. The van der Waals surface area contributed by atoms with E-state index in [1.165, 1.54) is 0 Å². The van der Waals surface area contributed by atoms with Crippen LogP contribution in [0.3, 0.4) is 0 Å². The summed E-state index contributed by atoms with van der Waals surface area (Å²) < 4.78 is 9.61. The number of carbonyl (C=O) groups excluding carboxylic acids is 3. The Balaban J connectivity index is 4.79. The molecule has 0 saturated carbocycles. The molecule has 98 valence electrons. The molecule has 0 N–H and O–H groups in total. The Hall–Kier alpha value is -1.39. The predicted molar refractivity (Wildman–Crippen MR) is 61.2 cm³/mol. The molecule has 0 aromatic carbocycles. The molecule has 0 aromatic rings. The third-order valence-corrected chi connectivity index (χ3v) is 2.19. The molecule has 17 heavy (non-hydrogen) atoms. The molecule has 0 aliphatic carbocycles. The van der Waals surface area contributed by atoms with Gasteiger partial charge in [0.25, 0.3) is 0 Å². The van der Waals surface area contributed by atoms with Crippen molar-refractivity contribution in [3.8, 4) is 0 Å². The quantitative estimate of drug-likeness (QED) is 0.384. The van der Waals surface area contributed by atoms with E-state index in [9.17, 15) is 14.4 Å². The highest BCUT2D eigenvalue weighted by Crippen LogP contribution is 2.24. The molecule has 0 atom stereocenters. The molecule has 0 aliphatic rings. The Morgan fingerprint density at radius 2 is 1.53 bits per heavy atom. The van der Waals surface area contributed by atoms with E-state index < -0.39 is 23.3 Å². The summed E-state index contributed by atoms with van der Waals surface area (Å²) in [6.07, 6.45) is 0.812. The van der Waals surface area contributed by atoms with Crippen LogP contribution in [0, 0.1) is 11.3 Å². The average molecular weight is 244 g/mol. The summed E-state index contributed by atoms with van der Waals surface area (Å²) in [5, 5.41) is 0. The van der Waals surface area contributed by atoms with E-state index in [0.717, 1.165) is 6.29 Å². The first-order chi connectivity index (χ1) is 7.87. The van der Waals surface area contributed by atoms with Crippen molar-refractivity contribution in [3.63, 3.8) is 0 Å². The van der Waals surface area contributed by atoms with Gasteiger partial charge in [-0.25, -0.2) is 0 Å². The highest BCUT2D eigenvalue weighted by Gasteiger charge is 2.35. The highest BCUT2D eigenvalue weighted by atomic mass is 16.6. The fraction of sp³-hybridized carbons (Fsp3) is 0.750. The molecule has 5 heteroatoms. The van der Waals surface area contributed by atoms with Crippen LogP contribution in [0.2, 0.25) is 0 Å². The van der Waals surface area contributed by atoms with Crippen molar-refractivity contribution in [1.82, 2.24) is 0 Å². The maximum absolute atomic E-state index is 11.6. The molecule has 0 heterocycles. The molecule has 0 aromatic heterocycles. The first-order valence-corrected chi connectivity index (χ1v) is 5.67. The van der Waals surface area contributed by atoms with Crippen LogP contribution in [-0.2, 0) is 23.9 Å². The van der Waals surface area contributed by atoms with Crippen molar-refractivity contribution < 1.29 is 23.9 Å². The van der Waals surface area contributed by atoms with Gasteiger partial charge in [0.05, 0.1) is 13.2 Å². The second kappa shape index (κ2) is 7.04. The Labute approximate surface area is 101 Å². The summed E-state index contributed by atoms with van der Waals surface area (Å²) in [4.78, 5) is 34.0. The minimum Gasteiger partial charge on any atom is -0.465 e. The lowest BCUT2D eigenvalue weighted by Gasteiger charge is -2.22. The second-order valence-electron chi connectivity index (χ2n) is 4.37. The number of aldehydes is 1. The molecule has 0 saturated heterocycles. The maximum Gasteiger partial charge on any atom is 0.320 e. The van der Waals surface area contributed by atoms with Crippen LogP contribution in [0.25, 0.3) is 0 Å². The number of hydrogen-bond donors (Lipinski definition) is 0. The van der Waals surface area contributed by atoms with Gasteiger partial charge in [0.15, 0.2) is 5.92 Å². The SMILES string of the molecule is CCOC(=O)C(CC(C)(C)C=O)C(=O)OCC. The third kappa shape index (κ3) is 5.47. The summed E-state index contributed by atoms with van der Waals surface area (Å²) >= 11 is 0. The lowest BCUT2D eigenvalue weighted by molar-refractivity contribution is -0.163. The van der Waals surface area contributed by atoms with Crippen LogP contribution in [0.1, 0.15) is 34.1 Å². The molecular formula is C12H20O5. The van der Waals surface area contributed by atoms with Gasteiger partial charge in [0, 0.05) is 5.41 Å². The van der Waals surface area contributed by atoms with Gasteiger partial charge in [0.2, 0.25) is 0 Å². The maximum atomic E-state index is 11.6. The first kappa shape index (κ1) is 15.6. The van der Waals surface area contributed by atoms with Crippen molar-refractivity contribution in [2.24, 2.45) is 11.3 Å². The van der Waals surface area contributed by atoms with Crippen LogP contribution in [0.5, 0.6) is 0 Å². The lowest BCUT2D eigenvalue weighted by Crippen LogP contribution is -2.33. The number of ether oxygens (including phenoxy) is 2. The third-order valence-electron chi connectivity index (χ3n) is 2.19. The zero-order valence-corrected chi connectivity index (χ0v) is 10.8. The molecule has 0 fully saturated rings. The minimum absolute atomic E-state index is 0.0914. The Bertz CT molecular complexity index is 265. The zero-order chi connectivity index (χ0) is 13.5. The average Bonchev–Trinajstić information content (AvgIpc) is 2.26. The molecule has 0 spiro atoms. The van der Waals surface area contributed by atoms with Crippen LogP contribution < -0.4 is 0 Å². The first-order valence-electron chi connectivity index (χ1n) is 5.67. The van der Waals surface area contributed by atoms with Crippen LogP contribution in [0.15, 0.2) is 0 Å². The fourth-order valence-corrected chi connectivity index (χ4v) is 1.32. The van der Waals surface area contributed by atoms with E-state index in [1.807, 2.05) is 0 Å². The van der Waals surface area contributed by atoms with Gasteiger partial charge in [0.1, 0.15) is 6.29 Å². The standard InChI is InChI=1S/C12H20O5/c1-5-16-10(14)9(11(15)17-6-2)7-12(3,4)8-13/h8-9H,5-7H2,1-4H3. The van der Waals surface area contributed by atoms with Crippen molar-refractivity contribution in [2.45, 2.75) is 34.1 Å². The highest BCUT2D eigenvalue weighted by molar-refractivity contribution is 5.95. The second-order valence-corrected chi connectivity index (χ2v) is 4.37. The normalized spacial score (nSPS) is 11.1. The predicted octanol–water partition coefficient (Wildman–Crippen LogP) is 1.34. The van der Waals surface area contributed by atoms with E-state index >= 15 is 0 Å². The van der Waals surface area contributed by atoms with Gasteiger partial charge < -0.3 is 14.3 Å². The van der Waals surface area contributed by atoms with Gasteiger partial charge in [-0.05, 0) is 20.3 Å². The molecular weight excluding hydrogens is 224 g/mol. The van der Waals surface area contributed by atoms with Crippen LogP contribution in [0.4, 0.5) is 0 Å². The number of hydrogen-bond acceptors (Lipinski definition) is 5. The Kier molecular flexibility index (Phi) is 6.46. The van der Waals surface area contributed by atoms with Crippen molar-refractivity contribution in [1.29, 1.82) is 0 Å². The van der Waals surface area contributed by atoms with Gasteiger partial charge in [-0.1, -0.05) is 13.8 Å². The number of carbonyl (C=O) groups is 3. The summed E-state index contributed by atoms with van der Waals surface area (Å²) in [6.45, 7) is 7.01. The Morgan fingerprint density at radius 3 is 1.82 bits per heavy atom. The van der Waals surface area contributed by atoms with E-state index in [-0.39, 0.29) is 19.6 Å². The largest absolute Gasteiger partial charge is 0.465 e. The van der Waals surface area contributed by atoms with Crippen LogP contribution >= 0.6 is 0 Å². The summed E-state index contributed by atoms with van der Waals surface area (Å²) in [7, 11) is 0. The van der Waals surface area contributed by atoms with E-state index in [2.05, 4.69) is 0 Å². The lowest BCUT2D eigenvalue weighted by atomic mass is 9.84. The van der Waals surface area contributed by atoms with Crippen molar-refractivity contribution in [3.05, 3.63) is 0 Å². The Morgan fingerprint density at radius 1 is 1.12 bits per heavy atom. The van der Waals surface area contributed by atoms with Crippen molar-refractivity contribution >= 4 is 18.2 Å². The minimum atomic E-state index is -1.03. The van der Waals surface area contributed by atoms with Crippen LogP contribution in [-0.4, -0.2) is 31.4 Å². The van der Waals surface area contributed by atoms with E-state index in [4.69, 9.17) is 9.47 Å². The molecule has 0 rings (SSSR count). The van der Waals surface area contributed by atoms with Gasteiger partial charge in [-0.3, -0.25) is 9.59 Å². The van der Waals surface area contributed by atoms with Gasteiger partial charge in [-0.15, -0.1) is 0 Å². The number of esters is 2. The summed E-state index contributed by atoms with van der Waals surface area (Å²) in [6, 6.07) is 0. The molecule has 5 nitrogen and oxygen atoms in total. The van der Waals surface area contributed by atoms with E-state index in [0.29, 0.717) is 0 Å². The van der Waals surface area contributed by atoms with Gasteiger partial charge in [-0.2, -0.15) is 0 Å². The summed E-state index contributed by atoms with van der Waals surface area (Å²) in [5.41, 5.74) is -0.760. The van der Waals surface area contributed by atoms with E-state index in [1.54, 1.807) is 27.7 Å².